The van der Waals surface area contributed by atoms with Crippen LogP contribution in [0.3, 0.4) is 0 Å². The van der Waals surface area contributed by atoms with Crippen molar-refractivity contribution in [3.8, 4) is 0 Å². The van der Waals surface area contributed by atoms with Crippen LogP contribution in [0.5, 0.6) is 0 Å². The van der Waals surface area contributed by atoms with Crippen LogP contribution in [0.25, 0.3) is 16.7 Å². The highest BCUT2D eigenvalue weighted by Crippen LogP contribution is 2.41. The Hall–Kier alpha value is -3.11. The van der Waals surface area contributed by atoms with E-state index in [1.165, 1.54) is 0 Å². The van der Waals surface area contributed by atoms with Gasteiger partial charge in [-0.25, -0.2) is 0 Å². The number of amides is 1. The zero-order valence-electron chi connectivity index (χ0n) is 18.0. The first-order valence-electron chi connectivity index (χ1n) is 10.6. The van der Waals surface area contributed by atoms with Crippen LogP contribution < -0.4 is 5.73 Å². The summed E-state index contributed by atoms with van der Waals surface area (Å²) in [5.74, 6) is -0.253. The maximum absolute atomic E-state index is 13.4. The number of anilines is 1. The molecular weight excluding hydrogens is 473 g/mol. The summed E-state index contributed by atoms with van der Waals surface area (Å²) < 4.78 is 50.8. The highest BCUT2D eigenvalue weighted by Gasteiger charge is 2.38. The first kappa shape index (κ1) is 22.7. The van der Waals surface area contributed by atoms with E-state index in [9.17, 15) is 18.0 Å². The molecule has 2 aliphatic heterocycles. The summed E-state index contributed by atoms with van der Waals surface area (Å²) >= 11 is 6.25. The third-order valence-electron chi connectivity index (χ3n) is 6.30. The standard InChI is InChI=1S/C23H20ClF3N4O3/c1-11-19-13(6-14(8-16(19)24)23(25,26)27)2-4-31(11)21(32)18-7-12(3-5-33-18)15-9-29-10-17-20(15)34-22(28)30-17/h3,6,8-11,18H,2,4-5,7H2,1H3,(H2,28,30)/t11-,18-/m0/s1. The average Bonchev–Trinajstić information content (AvgIpc) is 3.18. The van der Waals surface area contributed by atoms with Crippen LogP contribution in [-0.4, -0.2) is 40.0 Å². The highest BCUT2D eigenvalue weighted by molar-refractivity contribution is 6.31. The number of alkyl halides is 3. The molecule has 2 atom stereocenters. The quantitative estimate of drug-likeness (QED) is 0.552. The number of carbonyl (C=O) groups excluding carboxylic acids is 1. The smallest absolute Gasteiger partial charge is 0.416 e. The molecule has 0 bridgehead atoms. The minimum absolute atomic E-state index is 0.000586. The fourth-order valence-corrected chi connectivity index (χ4v) is 5.07. The summed E-state index contributed by atoms with van der Waals surface area (Å²) in [5, 5.41) is 0.000586. The molecular formula is C23H20ClF3N4O3. The van der Waals surface area contributed by atoms with Gasteiger partial charge in [0.2, 0.25) is 0 Å². The van der Waals surface area contributed by atoms with Gasteiger partial charge in [-0.2, -0.15) is 18.2 Å². The Morgan fingerprint density at radius 3 is 2.85 bits per heavy atom. The molecule has 2 aromatic heterocycles. The van der Waals surface area contributed by atoms with E-state index < -0.39 is 23.9 Å². The Morgan fingerprint density at radius 2 is 2.09 bits per heavy atom. The van der Waals surface area contributed by atoms with Gasteiger partial charge in [0.25, 0.3) is 11.9 Å². The molecule has 0 saturated heterocycles. The number of carbonyl (C=O) groups is 1. The van der Waals surface area contributed by atoms with Gasteiger partial charge in [-0.1, -0.05) is 17.7 Å². The van der Waals surface area contributed by atoms with Gasteiger partial charge in [0.1, 0.15) is 11.6 Å². The fourth-order valence-electron chi connectivity index (χ4n) is 4.67. The van der Waals surface area contributed by atoms with Gasteiger partial charge in [0, 0.05) is 29.7 Å². The summed E-state index contributed by atoms with van der Waals surface area (Å²) in [5.41, 5.74) is 8.42. The number of ether oxygens (including phenoxy) is 1. The molecule has 2 N–H and O–H groups in total. The van der Waals surface area contributed by atoms with Crippen LogP contribution in [-0.2, 0) is 22.1 Å². The van der Waals surface area contributed by atoms with E-state index in [0.717, 1.165) is 17.7 Å². The lowest BCUT2D eigenvalue weighted by atomic mass is 9.90. The molecule has 0 aliphatic carbocycles. The molecule has 2 aliphatic rings. The van der Waals surface area contributed by atoms with Crippen molar-refractivity contribution in [1.82, 2.24) is 14.9 Å². The van der Waals surface area contributed by atoms with Gasteiger partial charge in [0.05, 0.1) is 24.4 Å². The molecule has 4 heterocycles. The Kier molecular flexibility index (Phi) is 5.52. The number of aromatic nitrogens is 2. The predicted molar refractivity (Wildman–Crippen MR) is 119 cm³/mol. The van der Waals surface area contributed by atoms with Gasteiger partial charge >= 0.3 is 6.18 Å². The van der Waals surface area contributed by atoms with Crippen LogP contribution >= 0.6 is 11.6 Å². The van der Waals surface area contributed by atoms with E-state index >= 15 is 0 Å². The van der Waals surface area contributed by atoms with Gasteiger partial charge in [0.15, 0.2) is 5.58 Å². The van der Waals surface area contributed by atoms with E-state index in [4.69, 9.17) is 26.5 Å². The molecule has 3 aromatic rings. The molecule has 34 heavy (non-hydrogen) atoms. The van der Waals surface area contributed by atoms with Crippen molar-refractivity contribution < 1.29 is 27.1 Å². The van der Waals surface area contributed by atoms with Crippen molar-refractivity contribution in [2.45, 2.75) is 38.1 Å². The third kappa shape index (κ3) is 3.90. The van der Waals surface area contributed by atoms with E-state index in [0.29, 0.717) is 27.8 Å². The molecule has 11 heteroatoms. The molecule has 1 amide bonds. The number of hydrogen-bond acceptors (Lipinski definition) is 6. The van der Waals surface area contributed by atoms with Crippen LogP contribution in [0.1, 0.15) is 41.6 Å². The minimum atomic E-state index is -4.49. The zero-order valence-corrected chi connectivity index (χ0v) is 18.8. The first-order valence-corrected chi connectivity index (χ1v) is 11.0. The Balaban J connectivity index is 1.39. The van der Waals surface area contributed by atoms with Gasteiger partial charge < -0.3 is 19.8 Å². The molecule has 7 nitrogen and oxygen atoms in total. The summed E-state index contributed by atoms with van der Waals surface area (Å²) in [6.45, 7) is 2.23. The summed E-state index contributed by atoms with van der Waals surface area (Å²) in [6, 6.07) is 1.56. The second-order valence-electron chi connectivity index (χ2n) is 8.33. The van der Waals surface area contributed by atoms with E-state index in [2.05, 4.69) is 9.97 Å². The molecule has 0 saturated carbocycles. The Morgan fingerprint density at radius 1 is 1.29 bits per heavy atom. The van der Waals surface area contributed by atoms with Gasteiger partial charge in [-0.05, 0) is 42.2 Å². The van der Waals surface area contributed by atoms with Gasteiger partial charge in [-0.15, -0.1) is 0 Å². The number of pyridine rings is 1. The van der Waals surface area contributed by atoms with E-state index in [1.54, 1.807) is 24.2 Å². The lowest BCUT2D eigenvalue weighted by molar-refractivity contribution is -0.146. The van der Waals surface area contributed by atoms with Crippen molar-refractivity contribution in [2.75, 3.05) is 18.9 Å². The number of rotatable bonds is 2. The number of nitrogens with zero attached hydrogens (tertiary/aromatic N) is 3. The number of oxazole rings is 1. The van der Waals surface area contributed by atoms with E-state index in [-0.39, 0.29) is 42.9 Å². The Bertz CT molecular complexity index is 1320. The number of nitrogens with two attached hydrogens (primary N) is 1. The van der Waals surface area contributed by atoms with Crippen LogP contribution in [0.15, 0.2) is 35.0 Å². The van der Waals surface area contributed by atoms with Crippen molar-refractivity contribution in [3.63, 3.8) is 0 Å². The lowest BCUT2D eigenvalue weighted by Gasteiger charge is -2.38. The molecule has 5 rings (SSSR count). The number of benzene rings is 1. The van der Waals surface area contributed by atoms with Crippen LogP contribution in [0.4, 0.5) is 19.2 Å². The normalized spacial score (nSPS) is 20.9. The second-order valence-corrected chi connectivity index (χ2v) is 8.74. The topological polar surface area (TPSA) is 94.5 Å². The van der Waals surface area contributed by atoms with Crippen molar-refractivity contribution in [2.24, 2.45) is 0 Å². The zero-order chi connectivity index (χ0) is 24.2. The maximum atomic E-state index is 13.4. The van der Waals surface area contributed by atoms with Crippen molar-refractivity contribution in [3.05, 3.63) is 57.9 Å². The summed E-state index contributed by atoms with van der Waals surface area (Å²) in [6.07, 6.45) is 0.309. The van der Waals surface area contributed by atoms with Crippen LogP contribution in [0.2, 0.25) is 5.02 Å². The van der Waals surface area contributed by atoms with Gasteiger partial charge in [-0.3, -0.25) is 9.78 Å². The fraction of sp³-hybridized carbons (Fsp3) is 0.348. The molecule has 0 fully saturated rings. The molecule has 1 aromatic carbocycles. The minimum Gasteiger partial charge on any atom is -0.423 e. The largest absolute Gasteiger partial charge is 0.423 e. The maximum Gasteiger partial charge on any atom is 0.416 e. The number of hydrogen-bond donors (Lipinski definition) is 1. The van der Waals surface area contributed by atoms with E-state index in [1.807, 2.05) is 6.08 Å². The number of halogens is 4. The molecule has 0 radical (unpaired) electrons. The second kappa shape index (κ2) is 8.28. The highest BCUT2D eigenvalue weighted by atomic mass is 35.5. The predicted octanol–water partition coefficient (Wildman–Crippen LogP) is 4.80. The SMILES string of the molecule is C[C@H]1c2c(Cl)cc(C(F)(F)F)cc2CCN1C(=O)[C@@H]1CC(c2cncc3nc(N)oc23)=CCO1. The third-order valence-corrected chi connectivity index (χ3v) is 6.61. The number of fused-ring (bicyclic) bond motifs is 2. The monoisotopic (exact) mass is 492 g/mol. The average molecular weight is 493 g/mol. The van der Waals surface area contributed by atoms with Crippen molar-refractivity contribution in [1.29, 1.82) is 0 Å². The molecule has 0 spiro atoms. The first-order chi connectivity index (χ1) is 16.1. The number of nitrogen functional groups attached to an aromatic ring is 1. The van der Waals surface area contributed by atoms with Crippen molar-refractivity contribution >= 4 is 40.2 Å². The molecule has 0 unspecified atom stereocenters. The summed E-state index contributed by atoms with van der Waals surface area (Å²) in [7, 11) is 0. The molecule has 178 valence electrons. The summed E-state index contributed by atoms with van der Waals surface area (Å²) in [4.78, 5) is 23.3. The van der Waals surface area contributed by atoms with Crippen LogP contribution in [0, 0.1) is 0 Å². The lowest BCUT2D eigenvalue weighted by Crippen LogP contribution is -2.46. The Labute approximate surface area is 197 Å².